The summed E-state index contributed by atoms with van der Waals surface area (Å²) < 4.78 is 15.3. The van der Waals surface area contributed by atoms with E-state index in [1.165, 1.54) is 26.4 Å². The molecule has 10 nitrogen and oxygen atoms in total. The SMILES string of the molecule is COc1ccc(C(=O)NN2C[C@H](C(=O)OCC(=O)Nc3cccc(Cl)c3)CC2=O)cc1OC. The van der Waals surface area contributed by atoms with Crippen molar-refractivity contribution >= 4 is 41.0 Å². The van der Waals surface area contributed by atoms with Gasteiger partial charge in [-0.3, -0.25) is 29.6 Å². The van der Waals surface area contributed by atoms with Gasteiger partial charge in [0.1, 0.15) is 0 Å². The Bertz CT molecular complexity index is 1080. The summed E-state index contributed by atoms with van der Waals surface area (Å²) in [5.41, 5.74) is 3.17. The molecular weight excluding hydrogens is 454 g/mol. The molecule has 0 aromatic heterocycles. The van der Waals surface area contributed by atoms with Crippen molar-refractivity contribution in [2.24, 2.45) is 5.92 Å². The van der Waals surface area contributed by atoms with Crippen LogP contribution in [0.4, 0.5) is 5.69 Å². The fraction of sp³-hybridized carbons (Fsp3) is 0.273. The van der Waals surface area contributed by atoms with Crippen LogP contribution in [0.1, 0.15) is 16.8 Å². The monoisotopic (exact) mass is 475 g/mol. The molecule has 174 valence electrons. The molecule has 0 bridgehead atoms. The van der Waals surface area contributed by atoms with Gasteiger partial charge in [0.2, 0.25) is 5.91 Å². The molecule has 1 heterocycles. The smallest absolute Gasteiger partial charge is 0.311 e. The molecule has 0 saturated carbocycles. The number of methoxy groups -OCH3 is 2. The maximum atomic E-state index is 12.5. The first-order valence-corrected chi connectivity index (χ1v) is 10.2. The predicted molar refractivity (Wildman–Crippen MR) is 118 cm³/mol. The third-order valence-corrected chi connectivity index (χ3v) is 5.03. The van der Waals surface area contributed by atoms with Crippen LogP contribution in [0.25, 0.3) is 0 Å². The van der Waals surface area contributed by atoms with Gasteiger partial charge in [-0.15, -0.1) is 0 Å². The summed E-state index contributed by atoms with van der Waals surface area (Å²) in [4.78, 5) is 49.1. The van der Waals surface area contributed by atoms with Gasteiger partial charge in [0.25, 0.3) is 11.8 Å². The van der Waals surface area contributed by atoms with Crippen molar-refractivity contribution in [3.05, 3.63) is 53.1 Å². The normalized spacial score (nSPS) is 15.1. The number of hydrogen-bond donors (Lipinski definition) is 2. The standard InChI is InChI=1S/C22H22ClN3O7/c1-31-17-7-6-13(8-18(17)32-2)21(29)25-26-11-14(9-20(26)28)22(30)33-12-19(27)24-16-5-3-4-15(23)10-16/h3-8,10,14H,9,11-12H2,1-2H3,(H,24,27)(H,25,29)/t14-/m1/s1. The van der Waals surface area contributed by atoms with Gasteiger partial charge in [-0.25, -0.2) is 0 Å². The number of esters is 1. The Labute approximate surface area is 194 Å². The lowest BCUT2D eigenvalue weighted by Gasteiger charge is -2.18. The number of carbonyl (C=O) groups is 4. The molecule has 1 aliphatic rings. The molecule has 3 rings (SSSR count). The minimum atomic E-state index is -0.817. The van der Waals surface area contributed by atoms with E-state index in [4.69, 9.17) is 25.8 Å². The molecule has 2 aromatic carbocycles. The second kappa shape index (κ2) is 10.7. The second-order valence-corrected chi connectivity index (χ2v) is 7.52. The predicted octanol–water partition coefficient (Wildman–Crippen LogP) is 2.03. The van der Waals surface area contributed by atoms with Gasteiger partial charge in [-0.2, -0.15) is 0 Å². The number of nitrogens with zero attached hydrogens (tertiary/aromatic N) is 1. The van der Waals surface area contributed by atoms with E-state index in [1.807, 2.05) is 0 Å². The summed E-state index contributed by atoms with van der Waals surface area (Å²) in [6, 6.07) is 11.1. The molecule has 0 radical (unpaired) electrons. The number of anilines is 1. The van der Waals surface area contributed by atoms with Gasteiger partial charge < -0.3 is 19.5 Å². The highest BCUT2D eigenvalue weighted by Crippen LogP contribution is 2.27. The first kappa shape index (κ1) is 23.9. The molecule has 11 heteroatoms. The molecule has 1 fully saturated rings. The molecule has 0 unspecified atom stereocenters. The third-order valence-electron chi connectivity index (χ3n) is 4.79. The summed E-state index contributed by atoms with van der Waals surface area (Å²) in [5, 5.41) is 4.06. The molecule has 1 atom stereocenters. The van der Waals surface area contributed by atoms with Crippen LogP contribution in [0.5, 0.6) is 11.5 Å². The summed E-state index contributed by atoms with van der Waals surface area (Å²) in [6.07, 6.45) is -0.152. The molecule has 2 aromatic rings. The van der Waals surface area contributed by atoms with Crippen LogP contribution in [0, 0.1) is 5.92 Å². The van der Waals surface area contributed by atoms with E-state index < -0.39 is 36.2 Å². The quantitative estimate of drug-likeness (QED) is 0.560. The maximum absolute atomic E-state index is 12.5. The molecule has 3 amide bonds. The first-order valence-electron chi connectivity index (χ1n) is 9.86. The highest BCUT2D eigenvalue weighted by atomic mass is 35.5. The zero-order valence-corrected chi connectivity index (χ0v) is 18.7. The van der Waals surface area contributed by atoms with Crippen LogP contribution < -0.4 is 20.2 Å². The number of carbonyl (C=O) groups excluding carboxylic acids is 4. The van der Waals surface area contributed by atoms with Crippen molar-refractivity contribution in [3.63, 3.8) is 0 Å². The Balaban J connectivity index is 1.51. The fourth-order valence-electron chi connectivity index (χ4n) is 3.16. The van der Waals surface area contributed by atoms with E-state index in [0.29, 0.717) is 22.2 Å². The molecule has 2 N–H and O–H groups in total. The van der Waals surface area contributed by atoms with Crippen LogP contribution >= 0.6 is 11.6 Å². The van der Waals surface area contributed by atoms with E-state index in [2.05, 4.69) is 10.7 Å². The summed E-state index contributed by atoms with van der Waals surface area (Å²) in [5.74, 6) is -2.28. The third kappa shape index (κ3) is 6.13. The average molecular weight is 476 g/mol. The average Bonchev–Trinajstić information content (AvgIpc) is 3.17. The van der Waals surface area contributed by atoms with Gasteiger partial charge >= 0.3 is 5.97 Å². The van der Waals surface area contributed by atoms with E-state index in [0.717, 1.165) is 5.01 Å². The number of benzene rings is 2. The van der Waals surface area contributed by atoms with Crippen molar-refractivity contribution in [2.45, 2.75) is 6.42 Å². The largest absolute Gasteiger partial charge is 0.493 e. The number of hydrogen-bond acceptors (Lipinski definition) is 7. The lowest BCUT2D eigenvalue weighted by molar-refractivity contribution is -0.151. The highest BCUT2D eigenvalue weighted by molar-refractivity contribution is 6.30. The minimum Gasteiger partial charge on any atom is -0.493 e. The molecule has 1 aliphatic heterocycles. The zero-order valence-electron chi connectivity index (χ0n) is 17.9. The Hall–Kier alpha value is -3.79. The van der Waals surface area contributed by atoms with Crippen molar-refractivity contribution in [2.75, 3.05) is 32.7 Å². The van der Waals surface area contributed by atoms with Gasteiger partial charge in [0.15, 0.2) is 18.1 Å². The van der Waals surface area contributed by atoms with Crippen LogP contribution in [0.2, 0.25) is 5.02 Å². The number of halogens is 1. The Kier molecular flexibility index (Phi) is 7.73. The maximum Gasteiger partial charge on any atom is 0.311 e. The Morgan fingerprint density at radius 2 is 1.85 bits per heavy atom. The molecule has 1 saturated heterocycles. The van der Waals surface area contributed by atoms with Gasteiger partial charge in [-0.05, 0) is 36.4 Å². The van der Waals surface area contributed by atoms with Crippen molar-refractivity contribution in [1.29, 1.82) is 0 Å². The Morgan fingerprint density at radius 1 is 1.09 bits per heavy atom. The number of nitrogens with one attached hydrogen (secondary N) is 2. The van der Waals surface area contributed by atoms with E-state index in [9.17, 15) is 19.2 Å². The number of ether oxygens (including phenoxy) is 3. The minimum absolute atomic E-state index is 0.0768. The van der Waals surface area contributed by atoms with E-state index in [1.54, 1.807) is 30.3 Å². The summed E-state index contributed by atoms with van der Waals surface area (Å²) >= 11 is 5.86. The topological polar surface area (TPSA) is 123 Å². The van der Waals surface area contributed by atoms with Crippen molar-refractivity contribution < 1.29 is 33.4 Å². The second-order valence-electron chi connectivity index (χ2n) is 7.08. The summed E-state index contributed by atoms with van der Waals surface area (Å²) in [7, 11) is 2.91. The van der Waals surface area contributed by atoms with Crippen LogP contribution in [-0.4, -0.2) is 56.1 Å². The fourth-order valence-corrected chi connectivity index (χ4v) is 3.35. The molecule has 0 aliphatic carbocycles. The number of amides is 3. The van der Waals surface area contributed by atoms with Crippen LogP contribution in [0.3, 0.4) is 0 Å². The van der Waals surface area contributed by atoms with Gasteiger partial charge in [0, 0.05) is 22.7 Å². The summed E-state index contributed by atoms with van der Waals surface area (Å²) in [6.45, 7) is -0.597. The number of hydrazine groups is 1. The van der Waals surface area contributed by atoms with E-state index in [-0.39, 0.29) is 18.5 Å². The number of rotatable bonds is 8. The lowest BCUT2D eigenvalue weighted by Crippen LogP contribution is -2.43. The molecular formula is C22H22ClN3O7. The Morgan fingerprint density at radius 3 is 2.55 bits per heavy atom. The van der Waals surface area contributed by atoms with E-state index >= 15 is 0 Å². The van der Waals surface area contributed by atoms with Gasteiger partial charge in [0.05, 0.1) is 26.7 Å². The van der Waals surface area contributed by atoms with Crippen molar-refractivity contribution in [3.8, 4) is 11.5 Å². The van der Waals surface area contributed by atoms with Gasteiger partial charge in [-0.1, -0.05) is 17.7 Å². The van der Waals surface area contributed by atoms with Crippen LogP contribution in [-0.2, 0) is 19.1 Å². The van der Waals surface area contributed by atoms with Crippen LogP contribution in [0.15, 0.2) is 42.5 Å². The zero-order chi connectivity index (χ0) is 24.0. The van der Waals surface area contributed by atoms with Crippen molar-refractivity contribution in [1.82, 2.24) is 10.4 Å². The first-order chi connectivity index (χ1) is 15.8. The highest BCUT2D eigenvalue weighted by Gasteiger charge is 2.36. The molecule has 33 heavy (non-hydrogen) atoms. The lowest BCUT2D eigenvalue weighted by atomic mass is 10.1. The molecule has 0 spiro atoms.